The summed E-state index contributed by atoms with van der Waals surface area (Å²) in [6.07, 6.45) is 0. The topological polar surface area (TPSA) is 131 Å². The highest BCUT2D eigenvalue weighted by molar-refractivity contribution is 7.99. The Kier molecular flexibility index (Phi) is 8.58. The number of carbonyl (C=O) groups excluding carboxylic acids is 1. The molecule has 2 N–H and O–H groups in total. The molecule has 4 rings (SSSR count). The van der Waals surface area contributed by atoms with Crippen LogP contribution in [-0.4, -0.2) is 65.2 Å². The quantitative estimate of drug-likeness (QED) is 0.253. The van der Waals surface area contributed by atoms with E-state index in [1.54, 1.807) is 39.2 Å². The van der Waals surface area contributed by atoms with E-state index in [2.05, 4.69) is 5.32 Å². The number of carboxylic acids is 1. The van der Waals surface area contributed by atoms with E-state index in [0.29, 0.717) is 46.4 Å². The molecule has 0 unspecified atom stereocenters. The number of nitrogens with one attached hydrogen (secondary N) is 1. The van der Waals surface area contributed by atoms with Crippen LogP contribution in [0.15, 0.2) is 76.8 Å². The van der Waals surface area contributed by atoms with Crippen LogP contribution >= 0.6 is 11.8 Å². The molecule has 0 aliphatic rings. The lowest BCUT2D eigenvalue weighted by Crippen LogP contribution is -2.30. The lowest BCUT2D eigenvalue weighted by Gasteiger charge is -2.18. The van der Waals surface area contributed by atoms with E-state index in [-0.39, 0.29) is 22.1 Å². The second-order valence-electron chi connectivity index (χ2n) is 8.36. The summed E-state index contributed by atoms with van der Waals surface area (Å²) in [5, 5.41) is 12.3. The number of methoxy groups -OCH3 is 1. The molecule has 0 aliphatic heterocycles. The molecule has 1 aromatic heterocycles. The number of carbonyl (C=O) groups is 2. The summed E-state index contributed by atoms with van der Waals surface area (Å²) in [4.78, 5) is 28.6. The fourth-order valence-corrected chi connectivity index (χ4v) is 6.38. The molecule has 0 saturated heterocycles. The molecule has 39 heavy (non-hydrogen) atoms. The molecule has 1 heterocycles. The van der Waals surface area contributed by atoms with E-state index < -0.39 is 16.0 Å². The van der Waals surface area contributed by atoms with E-state index in [1.807, 2.05) is 28.8 Å². The van der Waals surface area contributed by atoms with Gasteiger partial charge in [0, 0.05) is 18.8 Å². The van der Waals surface area contributed by atoms with Crippen LogP contribution in [0.1, 0.15) is 24.2 Å². The fraction of sp³-hybridized carbons (Fsp3) is 0.222. The Hall–Kier alpha value is -3.87. The first-order chi connectivity index (χ1) is 18.7. The highest BCUT2D eigenvalue weighted by Crippen LogP contribution is 2.34. The number of para-hydroxylation sites is 2. The van der Waals surface area contributed by atoms with E-state index in [9.17, 15) is 18.0 Å². The average molecular weight is 569 g/mol. The van der Waals surface area contributed by atoms with Gasteiger partial charge < -0.3 is 15.2 Å². The van der Waals surface area contributed by atoms with Crippen LogP contribution in [-0.2, 0) is 14.8 Å². The van der Waals surface area contributed by atoms with Gasteiger partial charge in [-0.25, -0.2) is 18.2 Å². The van der Waals surface area contributed by atoms with Crippen molar-refractivity contribution in [2.45, 2.75) is 23.9 Å². The number of hydrogen-bond acceptors (Lipinski definition) is 7. The van der Waals surface area contributed by atoms with Gasteiger partial charge in [0.1, 0.15) is 5.75 Å². The van der Waals surface area contributed by atoms with Crippen molar-refractivity contribution in [3.8, 4) is 11.4 Å². The number of hydrogen-bond donors (Lipinski definition) is 2. The van der Waals surface area contributed by atoms with Crippen LogP contribution in [0.3, 0.4) is 0 Å². The number of aromatic nitrogens is 2. The van der Waals surface area contributed by atoms with Gasteiger partial charge in [-0.3, -0.25) is 9.36 Å². The van der Waals surface area contributed by atoms with Gasteiger partial charge in [0.25, 0.3) is 0 Å². The number of thioether (sulfide) groups is 1. The molecule has 0 bridgehead atoms. The molecule has 3 aromatic carbocycles. The number of amides is 1. The minimum absolute atomic E-state index is 0.00373. The van der Waals surface area contributed by atoms with Crippen molar-refractivity contribution in [3.05, 3.63) is 72.3 Å². The lowest BCUT2D eigenvalue weighted by atomic mass is 10.2. The molecule has 0 spiro atoms. The third-order valence-corrected chi connectivity index (χ3v) is 9.00. The van der Waals surface area contributed by atoms with Gasteiger partial charge in [-0.1, -0.05) is 37.7 Å². The van der Waals surface area contributed by atoms with Crippen molar-refractivity contribution in [1.29, 1.82) is 0 Å². The zero-order chi connectivity index (χ0) is 28.2. The minimum atomic E-state index is -3.69. The number of nitrogens with zero attached hydrogens (tertiary/aromatic N) is 3. The number of aromatic carboxylic acids is 1. The number of imidazole rings is 1. The molecule has 0 radical (unpaired) electrons. The molecule has 0 atom stereocenters. The van der Waals surface area contributed by atoms with Crippen molar-refractivity contribution in [2.75, 3.05) is 31.3 Å². The molecule has 0 saturated carbocycles. The molecule has 4 aromatic rings. The van der Waals surface area contributed by atoms with E-state index in [4.69, 9.17) is 14.8 Å². The maximum absolute atomic E-state index is 13.1. The molecule has 12 heteroatoms. The third-order valence-electron chi connectivity index (χ3n) is 6.01. The fourth-order valence-electron chi connectivity index (χ4n) is 4.08. The first-order valence-electron chi connectivity index (χ1n) is 12.1. The predicted octanol–water partition coefficient (Wildman–Crippen LogP) is 4.49. The lowest BCUT2D eigenvalue weighted by molar-refractivity contribution is -0.113. The van der Waals surface area contributed by atoms with Crippen LogP contribution in [0.25, 0.3) is 16.7 Å². The van der Waals surface area contributed by atoms with Crippen molar-refractivity contribution in [1.82, 2.24) is 13.9 Å². The molecule has 1 amide bonds. The van der Waals surface area contributed by atoms with Crippen molar-refractivity contribution in [2.24, 2.45) is 0 Å². The van der Waals surface area contributed by atoms with Crippen LogP contribution in [0.2, 0.25) is 0 Å². The Balaban J connectivity index is 1.69. The van der Waals surface area contributed by atoms with E-state index >= 15 is 0 Å². The second kappa shape index (κ2) is 11.9. The number of sulfonamides is 1. The Labute approximate surface area is 230 Å². The summed E-state index contributed by atoms with van der Waals surface area (Å²) in [6, 6.07) is 18.0. The Bertz CT molecular complexity index is 1610. The molecular weight excluding hydrogens is 540 g/mol. The molecule has 10 nitrogen and oxygen atoms in total. The van der Waals surface area contributed by atoms with Crippen molar-refractivity contribution in [3.63, 3.8) is 0 Å². The van der Waals surface area contributed by atoms with Gasteiger partial charge >= 0.3 is 5.97 Å². The SMILES string of the molecule is CCN(CC)S(=O)(=O)c1ccc2c(c1)nc(SCC(=O)Nc1ccc(C(=O)O)cc1)n2-c1ccccc1OC. The zero-order valence-electron chi connectivity index (χ0n) is 21.6. The standard InChI is InChI=1S/C27H28N4O6S2/c1-4-30(5-2)39(35,36)20-14-15-22-21(16-20)29-27(31(22)23-8-6-7-9-24(23)37-3)38-17-25(32)28-19-12-10-18(11-13-19)26(33)34/h6-16H,4-5,17H2,1-3H3,(H,28,32)(H,33,34). The maximum Gasteiger partial charge on any atom is 0.335 e. The Morgan fingerprint density at radius 2 is 1.74 bits per heavy atom. The zero-order valence-corrected chi connectivity index (χ0v) is 23.3. The van der Waals surface area contributed by atoms with Gasteiger partial charge in [-0.2, -0.15) is 4.31 Å². The summed E-state index contributed by atoms with van der Waals surface area (Å²) in [7, 11) is -2.13. The summed E-state index contributed by atoms with van der Waals surface area (Å²) in [6.45, 7) is 4.27. The van der Waals surface area contributed by atoms with Crippen LogP contribution in [0, 0.1) is 0 Å². The molecule has 204 valence electrons. The number of carboxylic acid groups (broad SMARTS) is 1. The normalized spacial score (nSPS) is 11.6. The average Bonchev–Trinajstić information content (AvgIpc) is 3.30. The smallest absolute Gasteiger partial charge is 0.335 e. The predicted molar refractivity (Wildman–Crippen MR) is 150 cm³/mol. The first-order valence-corrected chi connectivity index (χ1v) is 14.5. The van der Waals surface area contributed by atoms with Gasteiger partial charge in [0.2, 0.25) is 15.9 Å². The summed E-state index contributed by atoms with van der Waals surface area (Å²) < 4.78 is 35.0. The van der Waals surface area contributed by atoms with Crippen LogP contribution < -0.4 is 10.1 Å². The number of benzene rings is 3. The number of fused-ring (bicyclic) bond motifs is 1. The molecular formula is C27H28N4O6S2. The highest BCUT2D eigenvalue weighted by Gasteiger charge is 2.24. The number of rotatable bonds is 11. The van der Waals surface area contributed by atoms with Gasteiger partial charge in [-0.15, -0.1) is 0 Å². The van der Waals surface area contributed by atoms with Gasteiger partial charge in [-0.05, 0) is 54.6 Å². The summed E-state index contributed by atoms with van der Waals surface area (Å²) in [5.41, 5.74) is 2.39. The van der Waals surface area contributed by atoms with E-state index in [1.165, 1.54) is 40.3 Å². The highest BCUT2D eigenvalue weighted by atomic mass is 32.2. The summed E-state index contributed by atoms with van der Waals surface area (Å²) >= 11 is 1.18. The largest absolute Gasteiger partial charge is 0.495 e. The number of ether oxygens (including phenoxy) is 1. The maximum atomic E-state index is 13.1. The van der Waals surface area contributed by atoms with Crippen LogP contribution in [0.4, 0.5) is 5.69 Å². The number of anilines is 1. The Morgan fingerprint density at radius 3 is 2.38 bits per heavy atom. The second-order valence-corrected chi connectivity index (χ2v) is 11.2. The van der Waals surface area contributed by atoms with Crippen molar-refractivity contribution < 1.29 is 27.9 Å². The van der Waals surface area contributed by atoms with Gasteiger partial charge in [0.15, 0.2) is 5.16 Å². The molecule has 0 aliphatic carbocycles. The van der Waals surface area contributed by atoms with Gasteiger partial charge in [0.05, 0.1) is 40.0 Å². The minimum Gasteiger partial charge on any atom is -0.495 e. The van der Waals surface area contributed by atoms with E-state index in [0.717, 1.165) is 0 Å². The van der Waals surface area contributed by atoms with Crippen molar-refractivity contribution >= 4 is 50.4 Å². The first kappa shape index (κ1) is 28.1. The summed E-state index contributed by atoms with van der Waals surface area (Å²) in [5.74, 6) is -0.774. The Morgan fingerprint density at radius 1 is 1.05 bits per heavy atom. The third kappa shape index (κ3) is 5.92. The monoisotopic (exact) mass is 568 g/mol. The molecule has 0 fully saturated rings. The van der Waals surface area contributed by atoms with Crippen LogP contribution in [0.5, 0.6) is 5.75 Å².